The van der Waals surface area contributed by atoms with Crippen molar-refractivity contribution in [2.45, 2.75) is 53.0 Å². The van der Waals surface area contributed by atoms with Gasteiger partial charge in [-0.2, -0.15) is 11.8 Å². The molecule has 27 heavy (non-hydrogen) atoms. The maximum atomic E-state index is 12.2. The lowest BCUT2D eigenvalue weighted by Gasteiger charge is -2.15. The van der Waals surface area contributed by atoms with E-state index in [2.05, 4.69) is 22.8 Å². The molecule has 0 unspecified atom stereocenters. The lowest BCUT2D eigenvalue weighted by molar-refractivity contribution is -0.130. The summed E-state index contributed by atoms with van der Waals surface area (Å²) in [5.74, 6) is 1.32. The summed E-state index contributed by atoms with van der Waals surface area (Å²) >= 11 is 1.65. The number of carbonyl (C=O) groups is 3. The summed E-state index contributed by atoms with van der Waals surface area (Å²) < 4.78 is 0. The van der Waals surface area contributed by atoms with Crippen LogP contribution in [0, 0.1) is 20.8 Å². The summed E-state index contributed by atoms with van der Waals surface area (Å²) in [6, 6.07) is 3.80. The fourth-order valence-electron chi connectivity index (χ4n) is 3.19. The van der Waals surface area contributed by atoms with Gasteiger partial charge in [-0.15, -0.1) is 0 Å². The molecule has 0 bridgehead atoms. The first-order chi connectivity index (χ1) is 12.6. The minimum Gasteiger partial charge on any atom is -0.326 e. The Bertz CT molecular complexity index is 723. The molecule has 1 aliphatic rings. The average molecular weight is 392 g/mol. The summed E-state index contributed by atoms with van der Waals surface area (Å²) in [7, 11) is 0. The predicted octanol–water partition coefficient (Wildman–Crippen LogP) is 3.39. The molecule has 1 aromatic carbocycles. The van der Waals surface area contributed by atoms with Gasteiger partial charge in [0.1, 0.15) is 5.54 Å². The van der Waals surface area contributed by atoms with Crippen molar-refractivity contribution < 1.29 is 14.4 Å². The number of imide groups is 1. The molecular formula is C20H29N3O3S. The molecule has 2 N–H and O–H groups in total. The first-order valence-electron chi connectivity index (χ1n) is 9.21. The van der Waals surface area contributed by atoms with E-state index >= 15 is 0 Å². The normalized spacial score (nSPS) is 15.8. The zero-order chi connectivity index (χ0) is 20.2. The molecule has 0 aromatic heterocycles. The summed E-state index contributed by atoms with van der Waals surface area (Å²) in [6.45, 7) is 9.86. The van der Waals surface area contributed by atoms with Crippen LogP contribution in [0.3, 0.4) is 0 Å². The Labute approximate surface area is 165 Å². The van der Waals surface area contributed by atoms with Gasteiger partial charge in [-0.3, -0.25) is 14.5 Å². The van der Waals surface area contributed by atoms with E-state index in [1.165, 1.54) is 10.5 Å². The number of hydrogen-bond acceptors (Lipinski definition) is 4. The number of rotatable bonds is 8. The molecule has 0 saturated carbocycles. The molecule has 1 aliphatic heterocycles. The number of nitrogens with zero attached hydrogens (tertiary/aromatic N) is 1. The number of carbonyl (C=O) groups excluding carboxylic acids is 3. The lowest BCUT2D eigenvalue weighted by atomic mass is 10.0. The van der Waals surface area contributed by atoms with Crippen LogP contribution in [0.15, 0.2) is 12.1 Å². The van der Waals surface area contributed by atoms with Gasteiger partial charge < -0.3 is 10.6 Å². The maximum absolute atomic E-state index is 12.2. The van der Waals surface area contributed by atoms with Crippen LogP contribution in [-0.2, 0) is 9.59 Å². The van der Waals surface area contributed by atoms with E-state index in [0.717, 1.165) is 29.0 Å². The second-order valence-electron chi connectivity index (χ2n) is 7.55. The molecule has 0 aliphatic carbocycles. The van der Waals surface area contributed by atoms with Crippen LogP contribution in [0.25, 0.3) is 0 Å². The van der Waals surface area contributed by atoms with Crippen LogP contribution in [0.5, 0.6) is 0 Å². The zero-order valence-electron chi connectivity index (χ0n) is 16.8. The largest absolute Gasteiger partial charge is 0.326 e. The first kappa shape index (κ1) is 21.3. The molecule has 0 radical (unpaired) electrons. The van der Waals surface area contributed by atoms with Crippen molar-refractivity contribution in [3.05, 3.63) is 28.8 Å². The van der Waals surface area contributed by atoms with Gasteiger partial charge >= 0.3 is 6.03 Å². The molecule has 1 fully saturated rings. The summed E-state index contributed by atoms with van der Waals surface area (Å²) in [6.07, 6.45) is 1.21. The molecule has 148 valence electrons. The Morgan fingerprint density at radius 2 is 1.78 bits per heavy atom. The van der Waals surface area contributed by atoms with E-state index in [1.807, 2.05) is 20.8 Å². The van der Waals surface area contributed by atoms with Gasteiger partial charge in [0.2, 0.25) is 5.91 Å². The zero-order valence-corrected chi connectivity index (χ0v) is 17.6. The van der Waals surface area contributed by atoms with Crippen LogP contribution in [0.2, 0.25) is 0 Å². The van der Waals surface area contributed by atoms with Crippen molar-refractivity contribution in [2.24, 2.45) is 0 Å². The Hall–Kier alpha value is -2.02. The Morgan fingerprint density at radius 3 is 2.33 bits per heavy atom. The van der Waals surface area contributed by atoms with Crippen molar-refractivity contribution in [2.75, 3.05) is 23.4 Å². The maximum Gasteiger partial charge on any atom is 0.325 e. The third-order valence-corrected chi connectivity index (χ3v) is 5.59. The number of hydrogen-bond donors (Lipinski definition) is 2. The van der Waals surface area contributed by atoms with Crippen molar-refractivity contribution in [1.82, 2.24) is 10.2 Å². The van der Waals surface area contributed by atoms with Gasteiger partial charge in [-0.05, 0) is 57.9 Å². The molecule has 1 saturated heterocycles. The fraction of sp³-hybridized carbons (Fsp3) is 0.550. The molecule has 0 atom stereocenters. The molecular weight excluding hydrogens is 362 g/mol. The number of urea groups is 1. The number of benzene rings is 1. The van der Waals surface area contributed by atoms with Gasteiger partial charge in [0.15, 0.2) is 0 Å². The standard InChI is InChI=1S/C20H29N3O3S/c1-13-11-14(2)17(15(3)12-13)21-16(24)7-6-9-27-10-8-23-18(25)20(4,5)22-19(23)26/h11-12H,6-10H2,1-5H3,(H,21,24)(H,22,26). The number of aryl methyl sites for hydroxylation is 3. The third-order valence-electron chi connectivity index (χ3n) is 4.54. The topological polar surface area (TPSA) is 78.5 Å². The van der Waals surface area contributed by atoms with E-state index in [1.54, 1.807) is 25.6 Å². The summed E-state index contributed by atoms with van der Waals surface area (Å²) in [5.41, 5.74) is 3.43. The summed E-state index contributed by atoms with van der Waals surface area (Å²) in [4.78, 5) is 37.3. The predicted molar refractivity (Wildman–Crippen MR) is 110 cm³/mol. The van der Waals surface area contributed by atoms with Crippen LogP contribution in [0.4, 0.5) is 10.5 Å². The lowest BCUT2D eigenvalue weighted by Crippen LogP contribution is -2.40. The van der Waals surface area contributed by atoms with Gasteiger partial charge in [0.05, 0.1) is 0 Å². The molecule has 0 spiro atoms. The van der Waals surface area contributed by atoms with Crippen molar-refractivity contribution in [1.29, 1.82) is 0 Å². The van der Waals surface area contributed by atoms with E-state index in [4.69, 9.17) is 0 Å². The number of nitrogens with one attached hydrogen (secondary N) is 2. The second kappa shape index (κ2) is 8.78. The number of amides is 4. The van der Waals surface area contributed by atoms with E-state index < -0.39 is 5.54 Å². The average Bonchev–Trinajstić information content (AvgIpc) is 2.75. The molecule has 4 amide bonds. The highest BCUT2D eigenvalue weighted by atomic mass is 32.2. The summed E-state index contributed by atoms with van der Waals surface area (Å²) in [5, 5.41) is 5.68. The molecule has 7 heteroatoms. The van der Waals surface area contributed by atoms with Crippen LogP contribution in [-0.4, -0.2) is 46.3 Å². The molecule has 6 nitrogen and oxygen atoms in total. The number of anilines is 1. The fourth-order valence-corrected chi connectivity index (χ4v) is 4.06. The van der Waals surface area contributed by atoms with Gasteiger partial charge in [-0.1, -0.05) is 17.7 Å². The van der Waals surface area contributed by atoms with Crippen LogP contribution >= 0.6 is 11.8 Å². The van der Waals surface area contributed by atoms with Crippen LogP contribution < -0.4 is 10.6 Å². The monoisotopic (exact) mass is 391 g/mol. The van der Waals surface area contributed by atoms with E-state index in [-0.39, 0.29) is 17.8 Å². The van der Waals surface area contributed by atoms with Gasteiger partial charge in [0, 0.05) is 24.4 Å². The minimum atomic E-state index is -0.813. The second-order valence-corrected chi connectivity index (χ2v) is 8.77. The van der Waals surface area contributed by atoms with E-state index in [9.17, 15) is 14.4 Å². The highest BCUT2D eigenvalue weighted by molar-refractivity contribution is 7.99. The number of thioether (sulfide) groups is 1. The van der Waals surface area contributed by atoms with Crippen molar-refractivity contribution in [3.63, 3.8) is 0 Å². The van der Waals surface area contributed by atoms with Crippen molar-refractivity contribution >= 4 is 35.3 Å². The Morgan fingerprint density at radius 1 is 1.15 bits per heavy atom. The highest BCUT2D eigenvalue weighted by Crippen LogP contribution is 2.22. The Balaban J connectivity index is 1.67. The Kier molecular flexibility index (Phi) is 6.92. The van der Waals surface area contributed by atoms with Gasteiger partial charge in [-0.25, -0.2) is 4.79 Å². The first-order valence-corrected chi connectivity index (χ1v) is 10.4. The highest BCUT2D eigenvalue weighted by Gasteiger charge is 2.43. The molecule has 2 rings (SSSR count). The molecule has 1 aromatic rings. The minimum absolute atomic E-state index is 0.0153. The van der Waals surface area contributed by atoms with Gasteiger partial charge in [0.25, 0.3) is 5.91 Å². The third kappa shape index (κ3) is 5.48. The smallest absolute Gasteiger partial charge is 0.325 e. The van der Waals surface area contributed by atoms with E-state index in [0.29, 0.717) is 18.7 Å². The quantitative estimate of drug-likeness (QED) is 0.526. The molecule has 1 heterocycles. The SMILES string of the molecule is Cc1cc(C)c(NC(=O)CCCSCCN2C(=O)NC(C)(C)C2=O)c(C)c1. The van der Waals surface area contributed by atoms with Crippen molar-refractivity contribution in [3.8, 4) is 0 Å². The van der Waals surface area contributed by atoms with Crippen LogP contribution in [0.1, 0.15) is 43.4 Å².